The first-order valence-corrected chi connectivity index (χ1v) is 4.11. The standard InChI is InChI=1S/C10H9N3O/c1-8(13-7-11-6-12-13)9-4-2-3-5-10(9)14/h2-7,14H,1H2. The van der Waals surface area contributed by atoms with Gasteiger partial charge in [0.05, 0.1) is 5.70 Å². The lowest BCUT2D eigenvalue weighted by Gasteiger charge is -2.06. The van der Waals surface area contributed by atoms with Gasteiger partial charge >= 0.3 is 0 Å². The summed E-state index contributed by atoms with van der Waals surface area (Å²) in [6.45, 7) is 3.83. The highest BCUT2D eigenvalue weighted by molar-refractivity contribution is 5.67. The first-order chi connectivity index (χ1) is 6.79. The Hall–Kier alpha value is -2.10. The molecule has 0 bridgehead atoms. The van der Waals surface area contributed by atoms with Gasteiger partial charge in [-0.3, -0.25) is 0 Å². The van der Waals surface area contributed by atoms with Crippen LogP contribution in [-0.2, 0) is 0 Å². The van der Waals surface area contributed by atoms with Gasteiger partial charge < -0.3 is 5.11 Å². The molecular weight excluding hydrogens is 178 g/mol. The van der Waals surface area contributed by atoms with Crippen LogP contribution in [-0.4, -0.2) is 19.9 Å². The van der Waals surface area contributed by atoms with E-state index in [-0.39, 0.29) is 5.75 Å². The van der Waals surface area contributed by atoms with Gasteiger partial charge in [0.1, 0.15) is 18.4 Å². The van der Waals surface area contributed by atoms with Crippen molar-refractivity contribution in [3.05, 3.63) is 49.1 Å². The fraction of sp³-hybridized carbons (Fsp3) is 0. The Morgan fingerprint density at radius 3 is 2.79 bits per heavy atom. The summed E-state index contributed by atoms with van der Waals surface area (Å²) in [5, 5.41) is 13.5. The van der Waals surface area contributed by atoms with Crippen molar-refractivity contribution < 1.29 is 5.11 Å². The lowest BCUT2D eigenvalue weighted by molar-refractivity contribution is 0.473. The molecule has 0 atom stereocenters. The minimum atomic E-state index is 0.188. The molecule has 0 unspecified atom stereocenters. The van der Waals surface area contributed by atoms with Gasteiger partial charge in [-0.1, -0.05) is 18.7 Å². The molecule has 1 aromatic carbocycles. The molecule has 1 N–H and O–H groups in total. The summed E-state index contributed by atoms with van der Waals surface area (Å²) < 4.78 is 1.51. The number of para-hydroxylation sites is 1. The quantitative estimate of drug-likeness (QED) is 0.775. The van der Waals surface area contributed by atoms with Crippen molar-refractivity contribution in [1.29, 1.82) is 0 Å². The first-order valence-electron chi connectivity index (χ1n) is 4.11. The third-order valence-corrected chi connectivity index (χ3v) is 1.91. The fourth-order valence-electron chi connectivity index (χ4n) is 1.19. The number of aromatic hydroxyl groups is 1. The van der Waals surface area contributed by atoms with Crippen LogP contribution in [0.15, 0.2) is 43.5 Å². The molecule has 0 fully saturated rings. The zero-order valence-electron chi connectivity index (χ0n) is 7.46. The van der Waals surface area contributed by atoms with Gasteiger partial charge in [0.2, 0.25) is 0 Å². The maximum Gasteiger partial charge on any atom is 0.138 e. The van der Waals surface area contributed by atoms with Crippen molar-refractivity contribution in [2.75, 3.05) is 0 Å². The van der Waals surface area contributed by atoms with Gasteiger partial charge in [-0.05, 0) is 12.1 Å². The Balaban J connectivity index is 2.42. The molecule has 1 heterocycles. The zero-order chi connectivity index (χ0) is 9.97. The van der Waals surface area contributed by atoms with E-state index in [1.807, 2.05) is 6.07 Å². The minimum absolute atomic E-state index is 0.188. The molecule has 0 aliphatic heterocycles. The number of benzene rings is 1. The molecule has 0 spiro atoms. The number of hydrogen-bond donors (Lipinski definition) is 1. The van der Waals surface area contributed by atoms with E-state index in [1.54, 1.807) is 18.2 Å². The van der Waals surface area contributed by atoms with Crippen molar-refractivity contribution in [3.63, 3.8) is 0 Å². The molecule has 2 rings (SSSR count). The molecule has 0 aliphatic carbocycles. The van der Waals surface area contributed by atoms with E-state index < -0.39 is 0 Å². The largest absolute Gasteiger partial charge is 0.507 e. The molecule has 2 aromatic rings. The van der Waals surface area contributed by atoms with E-state index in [0.717, 1.165) is 0 Å². The van der Waals surface area contributed by atoms with Gasteiger partial charge in [-0.2, -0.15) is 5.10 Å². The van der Waals surface area contributed by atoms with Gasteiger partial charge in [0.15, 0.2) is 0 Å². The summed E-state index contributed by atoms with van der Waals surface area (Å²) in [5.41, 5.74) is 1.25. The van der Waals surface area contributed by atoms with E-state index in [9.17, 15) is 5.11 Å². The number of aromatic nitrogens is 3. The summed E-state index contributed by atoms with van der Waals surface area (Å²) in [6, 6.07) is 6.97. The van der Waals surface area contributed by atoms with Crippen LogP contribution in [0.3, 0.4) is 0 Å². The Morgan fingerprint density at radius 1 is 1.36 bits per heavy atom. The number of nitrogens with zero attached hydrogens (tertiary/aromatic N) is 3. The normalized spacial score (nSPS) is 10.0. The molecule has 14 heavy (non-hydrogen) atoms. The first kappa shape index (κ1) is 8.50. The Labute approximate surface area is 81.1 Å². The molecule has 0 saturated carbocycles. The number of hydrogen-bond acceptors (Lipinski definition) is 3. The molecule has 0 saturated heterocycles. The number of phenolic OH excluding ortho intramolecular Hbond substituents is 1. The van der Waals surface area contributed by atoms with E-state index >= 15 is 0 Å². The van der Waals surface area contributed by atoms with Crippen LogP contribution in [0, 0.1) is 0 Å². The van der Waals surface area contributed by atoms with Crippen molar-refractivity contribution in [2.24, 2.45) is 0 Å². The lowest BCUT2D eigenvalue weighted by Crippen LogP contribution is -1.97. The van der Waals surface area contributed by atoms with Crippen LogP contribution in [0.5, 0.6) is 5.75 Å². The average molecular weight is 187 g/mol. The second-order valence-electron chi connectivity index (χ2n) is 2.80. The summed E-state index contributed by atoms with van der Waals surface area (Å²) in [6.07, 6.45) is 2.96. The van der Waals surface area contributed by atoms with E-state index in [2.05, 4.69) is 16.7 Å². The topological polar surface area (TPSA) is 50.9 Å². The van der Waals surface area contributed by atoms with E-state index in [4.69, 9.17) is 0 Å². The van der Waals surface area contributed by atoms with Crippen LogP contribution in [0.4, 0.5) is 0 Å². The molecule has 0 aliphatic rings. The third kappa shape index (κ3) is 1.37. The molecule has 70 valence electrons. The second kappa shape index (κ2) is 3.33. The van der Waals surface area contributed by atoms with Crippen LogP contribution >= 0.6 is 0 Å². The summed E-state index contributed by atoms with van der Waals surface area (Å²) >= 11 is 0. The lowest BCUT2D eigenvalue weighted by atomic mass is 10.1. The maximum absolute atomic E-state index is 9.56. The highest BCUT2D eigenvalue weighted by Gasteiger charge is 2.05. The van der Waals surface area contributed by atoms with E-state index in [0.29, 0.717) is 11.3 Å². The SMILES string of the molecule is C=C(c1ccccc1O)n1cncn1. The monoisotopic (exact) mass is 187 g/mol. The number of rotatable bonds is 2. The van der Waals surface area contributed by atoms with Gasteiger partial charge in [-0.25, -0.2) is 9.67 Å². The molecular formula is C10H9N3O. The highest BCUT2D eigenvalue weighted by Crippen LogP contribution is 2.23. The van der Waals surface area contributed by atoms with Crippen LogP contribution in [0.2, 0.25) is 0 Å². The predicted molar refractivity (Wildman–Crippen MR) is 52.6 cm³/mol. The number of phenols is 1. The Morgan fingerprint density at radius 2 is 2.14 bits per heavy atom. The van der Waals surface area contributed by atoms with Gasteiger partial charge in [0, 0.05) is 5.56 Å². The van der Waals surface area contributed by atoms with Gasteiger partial charge in [0.25, 0.3) is 0 Å². The molecule has 1 aromatic heterocycles. The maximum atomic E-state index is 9.56. The Kier molecular flexibility index (Phi) is 2.02. The van der Waals surface area contributed by atoms with Crippen LogP contribution in [0.25, 0.3) is 5.70 Å². The molecule has 4 nitrogen and oxygen atoms in total. The van der Waals surface area contributed by atoms with Crippen LogP contribution < -0.4 is 0 Å². The minimum Gasteiger partial charge on any atom is -0.507 e. The summed E-state index contributed by atoms with van der Waals surface area (Å²) in [4.78, 5) is 3.81. The van der Waals surface area contributed by atoms with Gasteiger partial charge in [-0.15, -0.1) is 0 Å². The smallest absolute Gasteiger partial charge is 0.138 e. The highest BCUT2D eigenvalue weighted by atomic mass is 16.3. The summed E-state index contributed by atoms with van der Waals surface area (Å²) in [7, 11) is 0. The van der Waals surface area contributed by atoms with Crippen molar-refractivity contribution in [2.45, 2.75) is 0 Å². The second-order valence-corrected chi connectivity index (χ2v) is 2.80. The molecule has 4 heteroatoms. The van der Waals surface area contributed by atoms with Crippen molar-refractivity contribution in [3.8, 4) is 5.75 Å². The molecule has 0 radical (unpaired) electrons. The average Bonchev–Trinajstić information content (AvgIpc) is 2.70. The van der Waals surface area contributed by atoms with Crippen molar-refractivity contribution >= 4 is 5.70 Å². The Bertz CT molecular complexity index is 448. The molecule has 0 amide bonds. The zero-order valence-corrected chi connectivity index (χ0v) is 7.46. The third-order valence-electron chi connectivity index (χ3n) is 1.91. The fourth-order valence-corrected chi connectivity index (χ4v) is 1.19. The van der Waals surface area contributed by atoms with E-state index in [1.165, 1.54) is 17.3 Å². The summed E-state index contributed by atoms with van der Waals surface area (Å²) in [5.74, 6) is 0.188. The van der Waals surface area contributed by atoms with Crippen molar-refractivity contribution in [1.82, 2.24) is 14.8 Å². The van der Waals surface area contributed by atoms with Crippen LogP contribution in [0.1, 0.15) is 5.56 Å². The predicted octanol–water partition coefficient (Wildman–Crippen LogP) is 1.50.